The Morgan fingerprint density at radius 3 is 2.79 bits per heavy atom. The first-order chi connectivity index (χ1) is 9.16. The number of carbonyl (C=O) groups is 1. The zero-order valence-corrected chi connectivity index (χ0v) is 11.3. The lowest BCUT2D eigenvalue weighted by Crippen LogP contribution is -2.12. The number of nitrogens with zero attached hydrogens (tertiary/aromatic N) is 4. The molecule has 0 unspecified atom stereocenters. The number of aromatic amines is 1. The first-order valence-corrected chi connectivity index (χ1v) is 6.43. The Labute approximate surface area is 120 Å². The molecule has 7 nitrogen and oxygen atoms in total. The maximum Gasteiger partial charge on any atom is 0.277 e. The second-order valence-corrected chi connectivity index (χ2v) is 4.83. The minimum absolute atomic E-state index is 0.141. The van der Waals surface area contributed by atoms with Crippen molar-refractivity contribution >= 4 is 57.5 Å². The molecule has 1 aliphatic rings. The number of rotatable bonds is 2. The van der Waals surface area contributed by atoms with Crippen LogP contribution in [-0.2, 0) is 11.4 Å². The molecular weight excluding hydrogens is 311 g/mol. The topological polar surface area (TPSA) is 95.4 Å². The minimum atomic E-state index is -0.452. The van der Waals surface area contributed by atoms with Gasteiger partial charge >= 0.3 is 0 Å². The predicted molar refractivity (Wildman–Crippen MR) is 72.3 cm³/mol. The molecule has 0 saturated heterocycles. The molecule has 0 bridgehead atoms. The highest BCUT2D eigenvalue weighted by Crippen LogP contribution is 2.47. The Morgan fingerprint density at radius 1 is 1.26 bits per heavy atom. The molecule has 0 fully saturated rings. The van der Waals surface area contributed by atoms with Gasteiger partial charge in [-0.25, -0.2) is 0 Å². The van der Waals surface area contributed by atoms with Crippen LogP contribution in [0.25, 0.3) is 0 Å². The highest BCUT2D eigenvalue weighted by Gasteiger charge is 2.21. The second kappa shape index (κ2) is 4.72. The van der Waals surface area contributed by atoms with E-state index in [1.807, 2.05) is 0 Å². The van der Waals surface area contributed by atoms with Crippen molar-refractivity contribution in [2.75, 3.05) is 5.32 Å². The van der Waals surface area contributed by atoms with Gasteiger partial charge in [-0.15, -0.1) is 0 Å². The van der Waals surface area contributed by atoms with Gasteiger partial charge < -0.3 is 5.32 Å². The van der Waals surface area contributed by atoms with Crippen LogP contribution in [0, 0.1) is 0 Å². The zero-order chi connectivity index (χ0) is 13.4. The SMILES string of the molecule is O=C(Nc1c(Cl)cc(Cl)c2c1N=S=N2)c1cn[nH]n1. The first-order valence-electron chi connectivity index (χ1n) is 4.94. The molecule has 2 aromatic rings. The third-order valence-corrected chi connectivity index (χ3v) is 3.44. The van der Waals surface area contributed by atoms with E-state index in [4.69, 9.17) is 23.2 Å². The van der Waals surface area contributed by atoms with Gasteiger partial charge in [0.1, 0.15) is 11.4 Å². The summed E-state index contributed by atoms with van der Waals surface area (Å²) in [5.74, 6) is -0.452. The maximum absolute atomic E-state index is 11.9. The van der Waals surface area contributed by atoms with Crippen molar-refractivity contribution in [3.63, 3.8) is 0 Å². The van der Waals surface area contributed by atoms with Crippen LogP contribution in [-0.4, -0.2) is 21.3 Å². The second-order valence-electron chi connectivity index (χ2n) is 3.49. The summed E-state index contributed by atoms with van der Waals surface area (Å²) in [6, 6.07) is 1.51. The van der Waals surface area contributed by atoms with Crippen LogP contribution in [0.5, 0.6) is 0 Å². The van der Waals surface area contributed by atoms with E-state index in [9.17, 15) is 4.79 Å². The fourth-order valence-electron chi connectivity index (χ4n) is 1.48. The number of hydrogen-bond donors (Lipinski definition) is 2. The van der Waals surface area contributed by atoms with Gasteiger partial charge in [0.2, 0.25) is 0 Å². The lowest BCUT2D eigenvalue weighted by Gasteiger charge is -2.09. The standard InChI is InChI=1S/C9H4Cl2N6OS/c10-3-1-4(11)7-8(16-19-15-7)6(3)13-9(18)5-2-12-17-14-5/h1-2H,(H,13,18)(H,12,14,17). The third-order valence-electron chi connectivity index (χ3n) is 2.33. The van der Waals surface area contributed by atoms with Crippen molar-refractivity contribution in [1.29, 1.82) is 0 Å². The zero-order valence-electron chi connectivity index (χ0n) is 9.02. The van der Waals surface area contributed by atoms with Crippen molar-refractivity contribution in [3.05, 3.63) is 28.0 Å². The van der Waals surface area contributed by atoms with Gasteiger partial charge in [-0.1, -0.05) is 23.2 Å². The minimum Gasteiger partial charge on any atom is -0.317 e. The number of hydrogen-bond acceptors (Lipinski definition) is 5. The van der Waals surface area contributed by atoms with Gasteiger partial charge in [0.05, 0.1) is 33.3 Å². The van der Waals surface area contributed by atoms with Crippen molar-refractivity contribution in [3.8, 4) is 0 Å². The molecule has 19 heavy (non-hydrogen) atoms. The average Bonchev–Trinajstić information content (AvgIpc) is 3.04. The molecule has 1 aromatic heterocycles. The predicted octanol–water partition coefficient (Wildman–Crippen LogP) is 3.09. The normalized spacial score (nSPS) is 12.1. The molecule has 0 radical (unpaired) electrons. The molecule has 1 aliphatic heterocycles. The van der Waals surface area contributed by atoms with Gasteiger partial charge in [-0.2, -0.15) is 24.1 Å². The monoisotopic (exact) mass is 314 g/mol. The highest BCUT2D eigenvalue weighted by molar-refractivity contribution is 7.58. The molecule has 3 rings (SSSR count). The van der Waals surface area contributed by atoms with Crippen LogP contribution in [0.2, 0.25) is 10.0 Å². The van der Waals surface area contributed by atoms with E-state index in [0.29, 0.717) is 22.1 Å². The Kier molecular flexibility index (Phi) is 3.05. The summed E-state index contributed by atoms with van der Waals surface area (Å²) in [6.45, 7) is 0. The summed E-state index contributed by atoms with van der Waals surface area (Å²) in [5, 5.41) is 12.9. The summed E-state index contributed by atoms with van der Waals surface area (Å²) >= 11 is 13.0. The van der Waals surface area contributed by atoms with Crippen LogP contribution in [0.4, 0.5) is 17.1 Å². The van der Waals surface area contributed by atoms with Crippen LogP contribution in [0.1, 0.15) is 10.5 Å². The largest absolute Gasteiger partial charge is 0.317 e. The molecule has 2 heterocycles. The molecule has 1 aromatic carbocycles. The first kappa shape index (κ1) is 12.3. The molecule has 0 atom stereocenters. The van der Waals surface area contributed by atoms with Crippen molar-refractivity contribution in [2.24, 2.45) is 8.73 Å². The molecule has 96 valence electrons. The number of carbonyl (C=O) groups excluding carboxylic acids is 1. The van der Waals surface area contributed by atoms with Gasteiger partial charge in [-0.3, -0.25) is 4.79 Å². The number of benzene rings is 1. The lowest BCUT2D eigenvalue weighted by molar-refractivity contribution is 0.102. The summed E-state index contributed by atoms with van der Waals surface area (Å²) in [5.41, 5.74) is 1.43. The number of nitrogens with one attached hydrogen (secondary N) is 2. The van der Waals surface area contributed by atoms with Crippen LogP contribution in [0.3, 0.4) is 0 Å². The summed E-state index contributed by atoms with van der Waals surface area (Å²) in [6.07, 6.45) is 1.30. The van der Waals surface area contributed by atoms with Gasteiger partial charge in [0.25, 0.3) is 5.91 Å². The number of aromatic nitrogens is 3. The molecular formula is C9H4Cl2N6OS. The molecule has 0 spiro atoms. The fourth-order valence-corrected chi connectivity index (χ4v) is 2.64. The fraction of sp³-hybridized carbons (Fsp3) is 0. The van der Waals surface area contributed by atoms with Crippen LogP contribution in [0.15, 0.2) is 21.0 Å². The van der Waals surface area contributed by atoms with Crippen molar-refractivity contribution < 1.29 is 4.79 Å². The highest BCUT2D eigenvalue weighted by atomic mass is 35.5. The number of amides is 1. The van der Waals surface area contributed by atoms with E-state index in [-0.39, 0.29) is 10.7 Å². The quantitative estimate of drug-likeness (QED) is 0.760. The van der Waals surface area contributed by atoms with Gasteiger partial charge in [0.15, 0.2) is 5.69 Å². The molecule has 10 heteroatoms. The molecule has 1 amide bonds. The molecule has 2 N–H and O–H groups in total. The van der Waals surface area contributed by atoms with Crippen molar-refractivity contribution in [1.82, 2.24) is 15.4 Å². The van der Waals surface area contributed by atoms with Crippen LogP contribution >= 0.6 is 23.2 Å². The average molecular weight is 315 g/mol. The summed E-state index contributed by atoms with van der Waals surface area (Å²) in [7, 11) is 0. The number of H-pyrrole nitrogens is 1. The van der Waals surface area contributed by atoms with E-state index >= 15 is 0 Å². The van der Waals surface area contributed by atoms with E-state index < -0.39 is 5.91 Å². The third kappa shape index (κ3) is 2.14. The van der Waals surface area contributed by atoms with E-state index in [0.717, 1.165) is 11.4 Å². The number of halogens is 2. The lowest BCUT2D eigenvalue weighted by atomic mass is 10.2. The molecule has 0 aliphatic carbocycles. The van der Waals surface area contributed by atoms with E-state index in [1.165, 1.54) is 12.3 Å². The van der Waals surface area contributed by atoms with Gasteiger partial charge in [0, 0.05) is 0 Å². The summed E-state index contributed by atoms with van der Waals surface area (Å²) < 4.78 is 8.12. The number of anilines is 1. The van der Waals surface area contributed by atoms with Crippen LogP contribution < -0.4 is 5.32 Å². The Balaban J connectivity index is 2.01. The smallest absolute Gasteiger partial charge is 0.277 e. The Morgan fingerprint density at radius 2 is 2.05 bits per heavy atom. The number of fused-ring (bicyclic) bond motifs is 1. The Bertz CT molecular complexity index is 738. The van der Waals surface area contributed by atoms with E-state index in [1.54, 1.807) is 0 Å². The van der Waals surface area contributed by atoms with E-state index in [2.05, 4.69) is 29.5 Å². The van der Waals surface area contributed by atoms with Crippen molar-refractivity contribution in [2.45, 2.75) is 0 Å². The van der Waals surface area contributed by atoms with Gasteiger partial charge in [-0.05, 0) is 6.07 Å². The summed E-state index contributed by atoms with van der Waals surface area (Å²) in [4.78, 5) is 11.9. The molecule has 0 saturated carbocycles. The maximum atomic E-state index is 11.9. The Hall–Kier alpha value is -1.77.